The van der Waals surface area contributed by atoms with Crippen molar-refractivity contribution in [1.82, 2.24) is 15.2 Å². The Hall–Kier alpha value is -2.80. The number of carbonyl (C=O) groups excluding carboxylic acids is 1. The fourth-order valence-corrected chi connectivity index (χ4v) is 3.03. The molecule has 1 N–H and O–H groups in total. The number of allylic oxidation sites excluding steroid dienone is 1. The quantitative estimate of drug-likeness (QED) is 0.650. The van der Waals surface area contributed by atoms with Gasteiger partial charge in [0.2, 0.25) is 5.88 Å². The van der Waals surface area contributed by atoms with E-state index in [2.05, 4.69) is 15.2 Å². The molecule has 3 aromatic rings. The zero-order chi connectivity index (χ0) is 19.7. The van der Waals surface area contributed by atoms with Gasteiger partial charge in [-0.1, -0.05) is 23.7 Å². The van der Waals surface area contributed by atoms with E-state index >= 15 is 0 Å². The van der Waals surface area contributed by atoms with Crippen LogP contribution in [0.25, 0.3) is 17.0 Å². The van der Waals surface area contributed by atoms with Crippen LogP contribution in [0.4, 0.5) is 8.78 Å². The van der Waals surface area contributed by atoms with E-state index in [4.69, 9.17) is 16.3 Å². The van der Waals surface area contributed by atoms with Gasteiger partial charge in [0.1, 0.15) is 10.5 Å². The van der Waals surface area contributed by atoms with Crippen molar-refractivity contribution in [1.29, 1.82) is 0 Å². The summed E-state index contributed by atoms with van der Waals surface area (Å²) in [6.45, 7) is 3.39. The monoisotopic (exact) mass is 391 g/mol. The molecule has 140 valence electrons. The van der Waals surface area contributed by atoms with E-state index in [1.165, 1.54) is 19.4 Å². The van der Waals surface area contributed by atoms with Gasteiger partial charge in [-0.05, 0) is 31.1 Å². The highest BCUT2D eigenvalue weighted by Gasteiger charge is 2.19. The molecule has 0 amide bonds. The molecule has 27 heavy (non-hydrogen) atoms. The van der Waals surface area contributed by atoms with E-state index in [0.717, 1.165) is 6.08 Å². The van der Waals surface area contributed by atoms with Crippen LogP contribution in [0.5, 0.6) is 5.88 Å². The summed E-state index contributed by atoms with van der Waals surface area (Å²) in [5, 5.41) is 7.07. The summed E-state index contributed by atoms with van der Waals surface area (Å²) in [7, 11) is 1.44. The molecule has 1 aromatic carbocycles. The number of aryl methyl sites for hydroxylation is 1. The number of nitrogens with one attached hydrogen (secondary N) is 1. The van der Waals surface area contributed by atoms with Gasteiger partial charge in [0.25, 0.3) is 0 Å². The summed E-state index contributed by atoms with van der Waals surface area (Å²) in [6.07, 6.45) is 2.09. The number of H-pyrrole nitrogens is 1. The summed E-state index contributed by atoms with van der Waals surface area (Å²) in [5.41, 5.74) is 1.73. The van der Waals surface area contributed by atoms with Crippen molar-refractivity contribution in [3.05, 3.63) is 57.4 Å². The molecule has 5 nitrogen and oxygen atoms in total. The first-order chi connectivity index (χ1) is 12.8. The summed E-state index contributed by atoms with van der Waals surface area (Å²) in [5.74, 6) is -2.28. The summed E-state index contributed by atoms with van der Waals surface area (Å²) < 4.78 is 33.9. The number of ketones is 1. The van der Waals surface area contributed by atoms with E-state index in [0.29, 0.717) is 22.2 Å². The highest BCUT2D eigenvalue weighted by atomic mass is 35.5. The number of ether oxygens (including phenoxy) is 1. The number of hydrogen-bond donors (Lipinski definition) is 1. The number of Topliss-reactive ketones (excluding diaryl/α,β-unsaturated/α-hetero) is 1. The number of hydrogen-bond acceptors (Lipinski definition) is 4. The molecule has 0 saturated carbocycles. The molecule has 8 heteroatoms. The third kappa shape index (κ3) is 3.55. The highest BCUT2D eigenvalue weighted by Crippen LogP contribution is 2.30. The average Bonchev–Trinajstić information content (AvgIpc) is 3.13. The number of aromatic nitrogens is 3. The fourth-order valence-electron chi connectivity index (χ4n) is 2.80. The maximum atomic E-state index is 14.4. The first kappa shape index (κ1) is 19.0. The van der Waals surface area contributed by atoms with Gasteiger partial charge >= 0.3 is 0 Å². The van der Waals surface area contributed by atoms with E-state index in [1.54, 1.807) is 19.9 Å². The molecule has 0 spiro atoms. The van der Waals surface area contributed by atoms with Gasteiger partial charge in [-0.15, -0.1) is 0 Å². The van der Waals surface area contributed by atoms with Crippen molar-refractivity contribution in [2.45, 2.75) is 20.3 Å². The van der Waals surface area contributed by atoms with Crippen molar-refractivity contribution < 1.29 is 18.3 Å². The van der Waals surface area contributed by atoms with Gasteiger partial charge in [-0.2, -0.15) is 5.10 Å². The van der Waals surface area contributed by atoms with Crippen molar-refractivity contribution in [3.63, 3.8) is 0 Å². The number of rotatable bonds is 5. The van der Waals surface area contributed by atoms with E-state index in [9.17, 15) is 13.6 Å². The molecule has 0 aliphatic heterocycles. The first-order valence-electron chi connectivity index (χ1n) is 8.05. The van der Waals surface area contributed by atoms with Crippen LogP contribution >= 0.6 is 11.6 Å². The Labute approximate surface area is 159 Å². The van der Waals surface area contributed by atoms with Crippen molar-refractivity contribution in [3.8, 4) is 5.88 Å². The lowest BCUT2D eigenvalue weighted by molar-refractivity contribution is -0.116. The van der Waals surface area contributed by atoms with Crippen LogP contribution < -0.4 is 4.74 Å². The Morgan fingerprint density at radius 1 is 1.37 bits per heavy atom. The van der Waals surface area contributed by atoms with Crippen molar-refractivity contribution in [2.24, 2.45) is 0 Å². The van der Waals surface area contributed by atoms with Gasteiger partial charge in [0, 0.05) is 23.1 Å². The number of benzene rings is 1. The van der Waals surface area contributed by atoms with Gasteiger partial charge in [0.05, 0.1) is 13.3 Å². The van der Waals surface area contributed by atoms with E-state index in [-0.39, 0.29) is 28.4 Å². The Bertz CT molecular complexity index is 1080. The topological polar surface area (TPSA) is 67.9 Å². The predicted octanol–water partition coefficient (Wildman–Crippen LogP) is 4.50. The molecule has 0 saturated heterocycles. The molecule has 0 unspecified atom stereocenters. The maximum Gasteiger partial charge on any atom is 0.232 e. The molecule has 0 aliphatic carbocycles. The minimum atomic E-state index is -1.06. The molecule has 0 radical (unpaired) electrons. The van der Waals surface area contributed by atoms with Crippen LogP contribution in [0.1, 0.15) is 22.4 Å². The highest BCUT2D eigenvalue weighted by molar-refractivity contribution is 6.32. The van der Waals surface area contributed by atoms with Crippen LogP contribution in [0.15, 0.2) is 24.2 Å². The van der Waals surface area contributed by atoms with Gasteiger partial charge in [0.15, 0.2) is 17.4 Å². The molecular formula is C19H16ClF2N3O2. The number of fused-ring (bicyclic) bond motifs is 1. The SMILES string of the molecule is COc1nc(C)c(CC(=O)/C(F)=C/c2ccc3cn[nH]c3c2F)c(C)c1Cl. The van der Waals surface area contributed by atoms with Gasteiger partial charge < -0.3 is 4.74 Å². The van der Waals surface area contributed by atoms with Crippen LogP contribution in [0.3, 0.4) is 0 Å². The second-order valence-electron chi connectivity index (χ2n) is 6.02. The van der Waals surface area contributed by atoms with Gasteiger partial charge in [-0.3, -0.25) is 9.89 Å². The third-order valence-electron chi connectivity index (χ3n) is 4.34. The number of pyridine rings is 1. The van der Waals surface area contributed by atoms with E-state index in [1.807, 2.05) is 0 Å². The molecule has 2 aromatic heterocycles. The minimum absolute atomic E-state index is 0.0445. The molecule has 0 fully saturated rings. The maximum absolute atomic E-state index is 14.4. The molecule has 0 atom stereocenters. The Morgan fingerprint density at radius 2 is 2.11 bits per heavy atom. The molecule has 0 bridgehead atoms. The minimum Gasteiger partial charge on any atom is -0.480 e. The van der Waals surface area contributed by atoms with Crippen molar-refractivity contribution in [2.75, 3.05) is 7.11 Å². The molecule has 3 rings (SSSR count). The standard InChI is InChI=1S/C19H16ClF2N3O2/c1-9-13(10(2)24-19(27-3)16(9)20)7-15(26)14(21)6-11-4-5-12-8-23-25-18(12)17(11)22/h4-6,8H,7H2,1-3H3,(H,23,25)/b14-6-. The first-order valence-corrected chi connectivity index (χ1v) is 8.42. The number of methoxy groups -OCH3 is 1. The van der Waals surface area contributed by atoms with Crippen LogP contribution in [-0.2, 0) is 11.2 Å². The number of aromatic amines is 1. The van der Waals surface area contributed by atoms with Gasteiger partial charge in [-0.25, -0.2) is 13.8 Å². The van der Waals surface area contributed by atoms with E-state index < -0.39 is 17.4 Å². The number of halogens is 3. The summed E-state index contributed by atoms with van der Waals surface area (Å²) in [6, 6.07) is 2.98. The third-order valence-corrected chi connectivity index (χ3v) is 4.78. The average molecular weight is 392 g/mol. The molecule has 2 heterocycles. The summed E-state index contributed by atoms with van der Waals surface area (Å²) >= 11 is 6.16. The Morgan fingerprint density at radius 3 is 2.81 bits per heavy atom. The van der Waals surface area contributed by atoms with Crippen LogP contribution in [0.2, 0.25) is 5.02 Å². The van der Waals surface area contributed by atoms with Crippen LogP contribution in [0, 0.1) is 19.7 Å². The lowest BCUT2D eigenvalue weighted by Crippen LogP contribution is -2.09. The van der Waals surface area contributed by atoms with Crippen LogP contribution in [-0.4, -0.2) is 28.1 Å². The normalized spacial score (nSPS) is 11.9. The second kappa shape index (κ2) is 7.44. The smallest absolute Gasteiger partial charge is 0.232 e. The fraction of sp³-hybridized carbons (Fsp3) is 0.211. The Kier molecular flexibility index (Phi) is 5.23. The number of nitrogens with zero attached hydrogens (tertiary/aromatic N) is 2. The lowest BCUT2D eigenvalue weighted by Gasteiger charge is -2.12. The zero-order valence-corrected chi connectivity index (χ0v) is 15.6. The molecule has 0 aliphatic rings. The molecular weight excluding hydrogens is 376 g/mol. The van der Waals surface area contributed by atoms with Crippen molar-refractivity contribution >= 4 is 34.4 Å². The summed E-state index contributed by atoms with van der Waals surface area (Å²) in [4.78, 5) is 16.5. The number of carbonyl (C=O) groups is 1. The lowest BCUT2D eigenvalue weighted by atomic mass is 10.0. The predicted molar refractivity (Wildman–Crippen MR) is 99.1 cm³/mol. The Balaban J connectivity index is 1.91. The largest absolute Gasteiger partial charge is 0.480 e. The zero-order valence-electron chi connectivity index (χ0n) is 14.9. The second-order valence-corrected chi connectivity index (χ2v) is 6.40.